The molecule has 126 valence electrons. The predicted molar refractivity (Wildman–Crippen MR) is 78.9 cm³/mol. The van der Waals surface area contributed by atoms with E-state index >= 15 is 0 Å². The summed E-state index contributed by atoms with van der Waals surface area (Å²) < 4.78 is 37.4. The Labute approximate surface area is 133 Å². The van der Waals surface area contributed by atoms with Crippen molar-refractivity contribution in [2.45, 2.75) is 37.9 Å². The van der Waals surface area contributed by atoms with Gasteiger partial charge in [0.15, 0.2) is 0 Å². The molecule has 23 heavy (non-hydrogen) atoms. The fraction of sp³-hybridized carbons (Fsp3) is 0.625. The Morgan fingerprint density at radius 2 is 1.91 bits per heavy atom. The summed E-state index contributed by atoms with van der Waals surface area (Å²) in [6.07, 6.45) is 0.929. The van der Waals surface area contributed by atoms with Crippen LogP contribution >= 0.6 is 0 Å². The van der Waals surface area contributed by atoms with Gasteiger partial charge in [0, 0.05) is 31.9 Å². The number of nitrogens with zero attached hydrogens (tertiary/aromatic N) is 2. The molecule has 7 heteroatoms. The van der Waals surface area contributed by atoms with Crippen molar-refractivity contribution in [3.05, 3.63) is 29.6 Å². The Balaban J connectivity index is 1.49. The van der Waals surface area contributed by atoms with Gasteiger partial charge in [-0.15, -0.1) is 0 Å². The molecule has 0 spiro atoms. The molecule has 0 aromatic carbocycles. The molecule has 2 aliphatic rings. The lowest BCUT2D eigenvalue weighted by atomic mass is 10.0. The van der Waals surface area contributed by atoms with Gasteiger partial charge in [0.2, 0.25) is 0 Å². The van der Waals surface area contributed by atoms with Crippen LogP contribution in [0.5, 0.6) is 0 Å². The van der Waals surface area contributed by atoms with Gasteiger partial charge in [-0.05, 0) is 43.7 Å². The van der Waals surface area contributed by atoms with Crippen LogP contribution in [0.1, 0.15) is 41.7 Å². The third-order valence-corrected chi connectivity index (χ3v) is 4.45. The molecule has 3 rings (SSSR count). The Kier molecular flexibility index (Phi) is 4.57. The number of amides is 1. The quantitative estimate of drug-likeness (QED) is 0.925. The van der Waals surface area contributed by atoms with Crippen LogP contribution < -0.4 is 5.32 Å². The van der Waals surface area contributed by atoms with Gasteiger partial charge in [-0.2, -0.15) is 13.2 Å². The highest BCUT2D eigenvalue weighted by Gasteiger charge is 2.32. The van der Waals surface area contributed by atoms with Gasteiger partial charge < -0.3 is 10.2 Å². The fourth-order valence-corrected chi connectivity index (χ4v) is 2.89. The van der Waals surface area contributed by atoms with E-state index in [0.29, 0.717) is 0 Å². The van der Waals surface area contributed by atoms with Crippen molar-refractivity contribution in [1.29, 1.82) is 0 Å². The summed E-state index contributed by atoms with van der Waals surface area (Å²) in [6, 6.07) is 2.10. The number of carbonyl (C=O) groups is 1. The molecule has 2 heterocycles. The molecule has 1 aromatic heterocycles. The number of pyridine rings is 1. The molecule has 1 N–H and O–H groups in total. The maximum atomic E-state index is 12.5. The van der Waals surface area contributed by atoms with Crippen molar-refractivity contribution in [1.82, 2.24) is 15.2 Å². The lowest BCUT2D eigenvalue weighted by molar-refractivity contribution is -0.141. The largest absolute Gasteiger partial charge is 0.433 e. The third-order valence-electron chi connectivity index (χ3n) is 4.45. The van der Waals surface area contributed by atoms with Crippen molar-refractivity contribution in [3.63, 3.8) is 0 Å². The number of aromatic nitrogens is 1. The topological polar surface area (TPSA) is 45.2 Å². The maximum Gasteiger partial charge on any atom is 0.433 e. The van der Waals surface area contributed by atoms with E-state index in [9.17, 15) is 18.0 Å². The summed E-state index contributed by atoms with van der Waals surface area (Å²) >= 11 is 0. The highest BCUT2D eigenvalue weighted by Crippen LogP contribution is 2.30. The van der Waals surface area contributed by atoms with Crippen molar-refractivity contribution in [2.24, 2.45) is 5.92 Å². The summed E-state index contributed by atoms with van der Waals surface area (Å²) in [7, 11) is 0. The van der Waals surface area contributed by atoms with Crippen molar-refractivity contribution < 1.29 is 18.0 Å². The first-order valence-corrected chi connectivity index (χ1v) is 7.98. The van der Waals surface area contributed by atoms with Gasteiger partial charge in [-0.3, -0.25) is 9.78 Å². The summed E-state index contributed by atoms with van der Waals surface area (Å²) in [5, 5.41) is 2.90. The van der Waals surface area contributed by atoms with E-state index in [4.69, 9.17) is 0 Å². The summed E-state index contributed by atoms with van der Waals surface area (Å²) in [5.74, 6) is 0.506. The number of hydrogen-bond acceptors (Lipinski definition) is 3. The zero-order chi connectivity index (χ0) is 16.4. The lowest BCUT2D eigenvalue weighted by Gasteiger charge is -2.32. The van der Waals surface area contributed by atoms with Crippen LogP contribution in [0.4, 0.5) is 13.2 Å². The second-order valence-corrected chi connectivity index (χ2v) is 6.42. The monoisotopic (exact) mass is 327 g/mol. The smallest absolute Gasteiger partial charge is 0.349 e. The van der Waals surface area contributed by atoms with E-state index < -0.39 is 11.9 Å². The SMILES string of the molecule is O=C(NC1CCN(CC2CC2)CC1)c1ccc(C(F)(F)F)nc1. The molecule has 1 saturated heterocycles. The number of piperidine rings is 1. The normalized spacial score (nSPS) is 20.5. The minimum Gasteiger partial charge on any atom is -0.349 e. The van der Waals surface area contributed by atoms with E-state index in [2.05, 4.69) is 15.2 Å². The maximum absolute atomic E-state index is 12.5. The molecular formula is C16H20F3N3O. The zero-order valence-electron chi connectivity index (χ0n) is 12.8. The third kappa shape index (κ3) is 4.43. The van der Waals surface area contributed by atoms with Gasteiger partial charge in [0.25, 0.3) is 5.91 Å². The standard InChI is InChI=1S/C16H20F3N3O/c17-16(18,19)14-4-3-12(9-20-14)15(23)21-13-5-7-22(8-6-13)10-11-1-2-11/h3-4,9,11,13H,1-2,5-8,10H2,(H,21,23). The molecule has 1 amide bonds. The summed E-state index contributed by atoms with van der Waals surface area (Å²) in [6.45, 7) is 3.09. The number of hydrogen-bond donors (Lipinski definition) is 1. The van der Waals surface area contributed by atoms with Gasteiger partial charge in [-0.1, -0.05) is 0 Å². The predicted octanol–water partition coefficient (Wildman–Crippen LogP) is 2.70. The Morgan fingerprint density at radius 3 is 2.43 bits per heavy atom. The van der Waals surface area contributed by atoms with Crippen molar-refractivity contribution in [2.75, 3.05) is 19.6 Å². The number of likely N-dealkylation sites (tertiary alicyclic amines) is 1. The molecular weight excluding hydrogens is 307 g/mol. The minimum absolute atomic E-state index is 0.0836. The number of alkyl halides is 3. The van der Waals surface area contributed by atoms with Crippen LogP contribution in [-0.4, -0.2) is 41.5 Å². The lowest BCUT2D eigenvalue weighted by Crippen LogP contribution is -2.45. The van der Waals surface area contributed by atoms with Gasteiger partial charge in [0.05, 0.1) is 5.56 Å². The van der Waals surface area contributed by atoms with Crippen LogP contribution in [0.2, 0.25) is 0 Å². The molecule has 0 bridgehead atoms. The molecule has 0 atom stereocenters. The summed E-state index contributed by atoms with van der Waals surface area (Å²) in [4.78, 5) is 17.8. The molecule has 1 aromatic rings. The average molecular weight is 327 g/mol. The average Bonchev–Trinajstić information content (AvgIpc) is 3.32. The minimum atomic E-state index is -4.48. The van der Waals surface area contributed by atoms with Crippen LogP contribution in [-0.2, 0) is 6.18 Å². The van der Waals surface area contributed by atoms with E-state index in [0.717, 1.165) is 50.7 Å². The molecule has 2 fully saturated rings. The first-order chi connectivity index (χ1) is 10.9. The second kappa shape index (κ2) is 6.47. The van der Waals surface area contributed by atoms with E-state index in [1.807, 2.05) is 0 Å². The van der Waals surface area contributed by atoms with Crippen LogP contribution in [0, 0.1) is 5.92 Å². The number of carbonyl (C=O) groups excluding carboxylic acids is 1. The zero-order valence-corrected chi connectivity index (χ0v) is 12.8. The van der Waals surface area contributed by atoms with E-state index in [1.165, 1.54) is 18.9 Å². The van der Waals surface area contributed by atoms with E-state index in [1.54, 1.807) is 0 Å². The van der Waals surface area contributed by atoms with E-state index in [-0.39, 0.29) is 17.5 Å². The first-order valence-electron chi connectivity index (χ1n) is 7.98. The molecule has 1 aliphatic carbocycles. The Morgan fingerprint density at radius 1 is 1.22 bits per heavy atom. The van der Waals surface area contributed by atoms with Crippen LogP contribution in [0.3, 0.4) is 0 Å². The van der Waals surface area contributed by atoms with Crippen molar-refractivity contribution >= 4 is 5.91 Å². The molecule has 4 nitrogen and oxygen atoms in total. The molecule has 1 aliphatic heterocycles. The van der Waals surface area contributed by atoms with Gasteiger partial charge in [0.1, 0.15) is 5.69 Å². The van der Waals surface area contributed by atoms with Gasteiger partial charge >= 0.3 is 6.18 Å². The van der Waals surface area contributed by atoms with Crippen LogP contribution in [0.15, 0.2) is 18.3 Å². The molecule has 1 saturated carbocycles. The number of nitrogens with one attached hydrogen (secondary N) is 1. The Bertz CT molecular complexity index is 547. The highest BCUT2D eigenvalue weighted by atomic mass is 19.4. The van der Waals surface area contributed by atoms with Crippen LogP contribution in [0.25, 0.3) is 0 Å². The van der Waals surface area contributed by atoms with Crippen molar-refractivity contribution in [3.8, 4) is 0 Å². The fourth-order valence-electron chi connectivity index (χ4n) is 2.89. The Hall–Kier alpha value is -1.63. The number of rotatable bonds is 4. The molecule has 0 unspecified atom stereocenters. The first kappa shape index (κ1) is 16.2. The molecule has 0 radical (unpaired) electrons. The highest BCUT2D eigenvalue weighted by molar-refractivity contribution is 5.94. The number of halogens is 3. The summed E-state index contributed by atoms with van der Waals surface area (Å²) in [5.41, 5.74) is -0.819. The second-order valence-electron chi connectivity index (χ2n) is 6.42. The van der Waals surface area contributed by atoms with Gasteiger partial charge in [-0.25, -0.2) is 0 Å².